The number of aromatic nitrogens is 1. The van der Waals surface area contributed by atoms with Gasteiger partial charge in [-0.25, -0.2) is 4.98 Å². The van der Waals surface area contributed by atoms with Crippen molar-refractivity contribution >= 4 is 17.2 Å². The van der Waals surface area contributed by atoms with Crippen molar-refractivity contribution in [2.45, 2.75) is 13.3 Å². The summed E-state index contributed by atoms with van der Waals surface area (Å²) < 4.78 is 0. The lowest BCUT2D eigenvalue weighted by molar-refractivity contribution is -0.132. The number of carbonyl (C=O) groups excluding carboxylic acids is 1. The predicted molar refractivity (Wildman–Crippen MR) is 64.5 cm³/mol. The van der Waals surface area contributed by atoms with E-state index in [2.05, 4.69) is 16.8 Å². The van der Waals surface area contributed by atoms with Crippen molar-refractivity contribution in [2.24, 2.45) is 0 Å². The Hall–Kier alpha value is -0.940. The Kier molecular flexibility index (Phi) is 3.90. The molecule has 2 rings (SSSR count). The summed E-state index contributed by atoms with van der Waals surface area (Å²) in [4.78, 5) is 20.4. The van der Waals surface area contributed by atoms with E-state index in [1.807, 2.05) is 10.3 Å². The average molecular weight is 239 g/mol. The van der Waals surface area contributed by atoms with Crippen LogP contribution in [0.2, 0.25) is 0 Å². The molecule has 4 nitrogen and oxygen atoms in total. The molecule has 1 saturated heterocycles. The molecule has 1 aliphatic heterocycles. The predicted octanol–water partition coefficient (Wildman–Crippen LogP) is 0.850. The molecule has 1 amide bonds. The van der Waals surface area contributed by atoms with E-state index < -0.39 is 0 Å². The standard InChI is InChI=1S/C11H17N3OS/c1-2-13-3-5-14(6-4-13)11(15)7-10-8-16-9-12-10/h8-9H,2-7H2,1H3. The van der Waals surface area contributed by atoms with Crippen molar-refractivity contribution < 1.29 is 4.79 Å². The Morgan fingerprint density at radius 1 is 1.44 bits per heavy atom. The molecule has 0 spiro atoms. The lowest BCUT2D eigenvalue weighted by Gasteiger charge is -2.34. The number of nitrogens with zero attached hydrogens (tertiary/aromatic N) is 3. The Labute approximate surface area is 99.9 Å². The van der Waals surface area contributed by atoms with E-state index in [1.54, 1.807) is 16.8 Å². The molecule has 0 saturated carbocycles. The summed E-state index contributed by atoms with van der Waals surface area (Å²) in [7, 11) is 0. The number of thiazole rings is 1. The van der Waals surface area contributed by atoms with Crippen molar-refractivity contribution in [3.05, 3.63) is 16.6 Å². The average Bonchev–Trinajstić information content (AvgIpc) is 2.82. The molecule has 1 fully saturated rings. The quantitative estimate of drug-likeness (QED) is 0.784. The van der Waals surface area contributed by atoms with Gasteiger partial charge in [0.1, 0.15) is 0 Å². The van der Waals surface area contributed by atoms with Gasteiger partial charge < -0.3 is 9.80 Å². The SMILES string of the molecule is CCN1CCN(C(=O)Cc2cscn2)CC1. The van der Waals surface area contributed by atoms with Gasteiger partial charge in [0, 0.05) is 31.6 Å². The van der Waals surface area contributed by atoms with E-state index in [0.29, 0.717) is 6.42 Å². The highest BCUT2D eigenvalue weighted by molar-refractivity contribution is 7.07. The van der Waals surface area contributed by atoms with Crippen molar-refractivity contribution in [2.75, 3.05) is 32.7 Å². The van der Waals surface area contributed by atoms with Gasteiger partial charge in [0.2, 0.25) is 5.91 Å². The Morgan fingerprint density at radius 2 is 2.19 bits per heavy atom. The molecule has 5 heteroatoms. The van der Waals surface area contributed by atoms with E-state index in [0.717, 1.165) is 38.4 Å². The van der Waals surface area contributed by atoms with Gasteiger partial charge in [-0.1, -0.05) is 6.92 Å². The summed E-state index contributed by atoms with van der Waals surface area (Å²) >= 11 is 1.54. The molecule has 2 heterocycles. The number of hydrogen-bond donors (Lipinski definition) is 0. The highest BCUT2D eigenvalue weighted by atomic mass is 32.1. The highest BCUT2D eigenvalue weighted by Crippen LogP contribution is 2.07. The van der Waals surface area contributed by atoms with Crippen molar-refractivity contribution in [3.63, 3.8) is 0 Å². The zero-order chi connectivity index (χ0) is 11.4. The molecule has 16 heavy (non-hydrogen) atoms. The van der Waals surface area contributed by atoms with Gasteiger partial charge in [-0.3, -0.25) is 4.79 Å². The van der Waals surface area contributed by atoms with Gasteiger partial charge in [-0.05, 0) is 6.54 Å². The maximum atomic E-state index is 11.9. The lowest BCUT2D eigenvalue weighted by Crippen LogP contribution is -2.48. The Morgan fingerprint density at radius 3 is 2.75 bits per heavy atom. The molecule has 0 unspecified atom stereocenters. The maximum Gasteiger partial charge on any atom is 0.228 e. The maximum absolute atomic E-state index is 11.9. The van der Waals surface area contributed by atoms with E-state index in [4.69, 9.17) is 0 Å². The summed E-state index contributed by atoms with van der Waals surface area (Å²) in [6, 6.07) is 0. The minimum atomic E-state index is 0.210. The number of amides is 1. The summed E-state index contributed by atoms with van der Waals surface area (Å²) in [6.07, 6.45) is 0.454. The minimum Gasteiger partial charge on any atom is -0.340 e. The molecular formula is C11H17N3OS. The van der Waals surface area contributed by atoms with Crippen LogP contribution in [0.15, 0.2) is 10.9 Å². The van der Waals surface area contributed by atoms with Crippen LogP contribution in [0.5, 0.6) is 0 Å². The summed E-state index contributed by atoms with van der Waals surface area (Å²) in [5.41, 5.74) is 2.67. The van der Waals surface area contributed by atoms with E-state index in [9.17, 15) is 4.79 Å². The first-order chi connectivity index (χ1) is 7.79. The van der Waals surface area contributed by atoms with E-state index in [-0.39, 0.29) is 5.91 Å². The van der Waals surface area contributed by atoms with E-state index in [1.165, 1.54) is 0 Å². The Balaban J connectivity index is 1.82. The molecule has 0 radical (unpaired) electrons. The van der Waals surface area contributed by atoms with Crippen LogP contribution in [0, 0.1) is 0 Å². The topological polar surface area (TPSA) is 36.4 Å². The smallest absolute Gasteiger partial charge is 0.228 e. The molecular weight excluding hydrogens is 222 g/mol. The zero-order valence-electron chi connectivity index (χ0n) is 9.56. The van der Waals surface area contributed by atoms with Crippen LogP contribution in [0.3, 0.4) is 0 Å². The number of hydrogen-bond acceptors (Lipinski definition) is 4. The second-order valence-corrected chi connectivity index (χ2v) is 4.69. The van der Waals surface area contributed by atoms with Crippen LogP contribution < -0.4 is 0 Å². The van der Waals surface area contributed by atoms with Crippen molar-refractivity contribution in [1.29, 1.82) is 0 Å². The fraction of sp³-hybridized carbons (Fsp3) is 0.636. The third-order valence-corrected chi connectivity index (χ3v) is 3.62. The largest absolute Gasteiger partial charge is 0.340 e. The molecule has 88 valence electrons. The normalized spacial score (nSPS) is 17.7. The summed E-state index contributed by atoms with van der Waals surface area (Å²) in [6.45, 7) is 6.95. The molecule has 0 aliphatic carbocycles. The van der Waals surface area contributed by atoms with Crippen LogP contribution in [-0.2, 0) is 11.2 Å². The van der Waals surface area contributed by atoms with Crippen LogP contribution >= 0.6 is 11.3 Å². The third kappa shape index (κ3) is 2.80. The molecule has 0 bridgehead atoms. The van der Waals surface area contributed by atoms with Gasteiger partial charge >= 0.3 is 0 Å². The second-order valence-electron chi connectivity index (χ2n) is 3.97. The number of piperazine rings is 1. The molecule has 1 aliphatic rings. The van der Waals surface area contributed by atoms with Gasteiger partial charge in [-0.15, -0.1) is 11.3 Å². The molecule has 0 N–H and O–H groups in total. The van der Waals surface area contributed by atoms with E-state index >= 15 is 0 Å². The lowest BCUT2D eigenvalue weighted by atomic mass is 10.2. The van der Waals surface area contributed by atoms with Crippen LogP contribution in [0.1, 0.15) is 12.6 Å². The Bertz CT molecular complexity index is 331. The van der Waals surface area contributed by atoms with Gasteiger partial charge in [0.05, 0.1) is 17.6 Å². The van der Waals surface area contributed by atoms with Crippen LogP contribution in [0.25, 0.3) is 0 Å². The zero-order valence-corrected chi connectivity index (χ0v) is 10.4. The first kappa shape index (κ1) is 11.5. The fourth-order valence-corrected chi connectivity index (χ4v) is 2.46. The monoisotopic (exact) mass is 239 g/mol. The number of carbonyl (C=O) groups is 1. The highest BCUT2D eigenvalue weighted by Gasteiger charge is 2.20. The number of rotatable bonds is 3. The van der Waals surface area contributed by atoms with Crippen LogP contribution in [-0.4, -0.2) is 53.4 Å². The van der Waals surface area contributed by atoms with Crippen LogP contribution in [0.4, 0.5) is 0 Å². The van der Waals surface area contributed by atoms with Gasteiger partial charge in [0.25, 0.3) is 0 Å². The molecule has 0 atom stereocenters. The minimum absolute atomic E-state index is 0.210. The fourth-order valence-electron chi connectivity index (χ4n) is 1.91. The first-order valence-corrected chi connectivity index (χ1v) is 6.61. The van der Waals surface area contributed by atoms with Gasteiger partial charge in [0.15, 0.2) is 0 Å². The van der Waals surface area contributed by atoms with Gasteiger partial charge in [-0.2, -0.15) is 0 Å². The summed E-state index contributed by atoms with van der Waals surface area (Å²) in [5, 5.41) is 1.94. The first-order valence-electron chi connectivity index (χ1n) is 5.66. The molecule has 1 aromatic rings. The molecule has 1 aromatic heterocycles. The summed E-state index contributed by atoms with van der Waals surface area (Å²) in [5.74, 6) is 0.210. The molecule has 0 aromatic carbocycles. The number of likely N-dealkylation sites (N-methyl/N-ethyl adjacent to an activating group) is 1. The van der Waals surface area contributed by atoms with Crippen molar-refractivity contribution in [3.8, 4) is 0 Å². The third-order valence-electron chi connectivity index (χ3n) is 2.99. The van der Waals surface area contributed by atoms with Crippen molar-refractivity contribution in [1.82, 2.24) is 14.8 Å². The second kappa shape index (κ2) is 5.41.